The van der Waals surface area contributed by atoms with E-state index in [-0.39, 0.29) is 11.5 Å². The number of rotatable bonds is 5. The molecule has 4 heteroatoms. The van der Waals surface area contributed by atoms with Gasteiger partial charge in [-0.05, 0) is 24.9 Å². The molecule has 1 fully saturated rings. The van der Waals surface area contributed by atoms with Crippen LogP contribution < -0.4 is 5.73 Å². The number of aliphatic hydroxyl groups is 1. The van der Waals surface area contributed by atoms with Crippen LogP contribution in [0.2, 0.25) is 0 Å². The summed E-state index contributed by atoms with van der Waals surface area (Å²) in [4.78, 5) is 0. The Balaban J connectivity index is 2.44. The highest BCUT2D eigenvalue weighted by Crippen LogP contribution is 2.33. The van der Waals surface area contributed by atoms with E-state index in [1.807, 2.05) is 6.26 Å². The van der Waals surface area contributed by atoms with Crippen molar-refractivity contribution in [2.45, 2.75) is 18.9 Å². The zero-order chi connectivity index (χ0) is 9.73. The van der Waals surface area contributed by atoms with Crippen molar-refractivity contribution >= 4 is 11.8 Å². The highest BCUT2D eigenvalue weighted by molar-refractivity contribution is 7.98. The van der Waals surface area contributed by atoms with Crippen molar-refractivity contribution < 1.29 is 9.84 Å². The van der Waals surface area contributed by atoms with Gasteiger partial charge >= 0.3 is 0 Å². The molecule has 2 unspecified atom stereocenters. The SMILES string of the molecule is CSCCC(O)C1(CN)CCOC1. The maximum Gasteiger partial charge on any atom is 0.0639 e. The molecule has 1 rings (SSSR count). The first-order valence-corrected chi connectivity index (χ1v) is 6.09. The number of nitrogens with two attached hydrogens (primary N) is 1. The average Bonchev–Trinajstić information content (AvgIpc) is 2.63. The zero-order valence-electron chi connectivity index (χ0n) is 8.16. The molecule has 0 aromatic heterocycles. The second-order valence-corrected chi connectivity index (χ2v) is 4.65. The third kappa shape index (κ3) is 2.59. The number of aliphatic hydroxyl groups excluding tert-OH is 1. The van der Waals surface area contributed by atoms with Crippen LogP contribution >= 0.6 is 11.8 Å². The lowest BCUT2D eigenvalue weighted by molar-refractivity contribution is 0.0190. The molecule has 0 radical (unpaired) electrons. The summed E-state index contributed by atoms with van der Waals surface area (Å²) in [5.74, 6) is 0.989. The van der Waals surface area contributed by atoms with E-state index in [1.165, 1.54) is 0 Å². The molecule has 0 aromatic rings. The molecule has 0 bridgehead atoms. The molecule has 13 heavy (non-hydrogen) atoms. The Bertz CT molecular complexity index is 149. The van der Waals surface area contributed by atoms with Gasteiger partial charge < -0.3 is 15.6 Å². The van der Waals surface area contributed by atoms with E-state index in [0.717, 1.165) is 25.2 Å². The van der Waals surface area contributed by atoms with Crippen LogP contribution in [-0.4, -0.2) is 43.0 Å². The fourth-order valence-corrected chi connectivity index (χ4v) is 2.18. The molecular formula is C9H19NO2S. The summed E-state index contributed by atoms with van der Waals surface area (Å²) < 4.78 is 5.31. The summed E-state index contributed by atoms with van der Waals surface area (Å²) in [6, 6.07) is 0. The van der Waals surface area contributed by atoms with Gasteiger partial charge in [0.05, 0.1) is 12.7 Å². The highest BCUT2D eigenvalue weighted by atomic mass is 32.2. The Hall–Kier alpha value is 0.230. The molecule has 0 spiro atoms. The van der Waals surface area contributed by atoms with Crippen molar-refractivity contribution in [2.75, 3.05) is 31.8 Å². The van der Waals surface area contributed by atoms with E-state index >= 15 is 0 Å². The lowest BCUT2D eigenvalue weighted by atomic mass is 9.80. The van der Waals surface area contributed by atoms with E-state index in [4.69, 9.17) is 10.5 Å². The van der Waals surface area contributed by atoms with E-state index in [1.54, 1.807) is 11.8 Å². The maximum absolute atomic E-state index is 9.96. The van der Waals surface area contributed by atoms with Gasteiger partial charge in [-0.15, -0.1) is 0 Å². The standard InChI is InChI=1S/C9H19NO2S/c1-13-5-2-8(11)9(6-10)3-4-12-7-9/h8,11H,2-7,10H2,1H3. The maximum atomic E-state index is 9.96. The first-order chi connectivity index (χ1) is 6.25. The van der Waals surface area contributed by atoms with Crippen molar-refractivity contribution in [3.05, 3.63) is 0 Å². The van der Waals surface area contributed by atoms with Crippen LogP contribution in [0.1, 0.15) is 12.8 Å². The quantitative estimate of drug-likeness (QED) is 0.685. The van der Waals surface area contributed by atoms with Crippen LogP contribution in [0.25, 0.3) is 0 Å². The molecule has 0 aliphatic carbocycles. The molecule has 0 amide bonds. The topological polar surface area (TPSA) is 55.5 Å². The van der Waals surface area contributed by atoms with Crippen molar-refractivity contribution in [1.29, 1.82) is 0 Å². The second-order valence-electron chi connectivity index (χ2n) is 3.67. The zero-order valence-corrected chi connectivity index (χ0v) is 8.98. The lowest BCUT2D eigenvalue weighted by Crippen LogP contribution is -2.42. The Morgan fingerprint density at radius 3 is 2.92 bits per heavy atom. The van der Waals surface area contributed by atoms with Crippen LogP contribution in [0.3, 0.4) is 0 Å². The van der Waals surface area contributed by atoms with Gasteiger partial charge in [0.25, 0.3) is 0 Å². The van der Waals surface area contributed by atoms with Crippen LogP contribution in [0, 0.1) is 5.41 Å². The molecule has 3 N–H and O–H groups in total. The summed E-state index contributed by atoms with van der Waals surface area (Å²) in [5, 5.41) is 9.96. The predicted molar refractivity (Wildman–Crippen MR) is 55.9 cm³/mol. The van der Waals surface area contributed by atoms with E-state index in [0.29, 0.717) is 13.2 Å². The van der Waals surface area contributed by atoms with Crippen LogP contribution in [-0.2, 0) is 4.74 Å². The second kappa shape index (κ2) is 5.20. The molecule has 1 saturated heterocycles. The van der Waals surface area contributed by atoms with Crippen molar-refractivity contribution in [2.24, 2.45) is 11.1 Å². The minimum Gasteiger partial charge on any atom is -0.392 e. The third-order valence-electron chi connectivity index (χ3n) is 2.84. The predicted octanol–water partition coefficient (Wildman–Crippen LogP) is 0.466. The monoisotopic (exact) mass is 205 g/mol. The molecule has 78 valence electrons. The minimum absolute atomic E-state index is 0.157. The summed E-state index contributed by atoms with van der Waals surface area (Å²) in [5.41, 5.74) is 5.54. The molecular weight excluding hydrogens is 186 g/mol. The van der Waals surface area contributed by atoms with Gasteiger partial charge in [-0.3, -0.25) is 0 Å². The average molecular weight is 205 g/mol. The van der Waals surface area contributed by atoms with E-state index in [2.05, 4.69) is 0 Å². The van der Waals surface area contributed by atoms with Gasteiger partial charge in [0.15, 0.2) is 0 Å². The smallest absolute Gasteiger partial charge is 0.0639 e. The van der Waals surface area contributed by atoms with Gasteiger partial charge in [-0.25, -0.2) is 0 Å². The molecule has 2 atom stereocenters. The van der Waals surface area contributed by atoms with E-state index in [9.17, 15) is 5.11 Å². The van der Waals surface area contributed by atoms with Gasteiger partial charge in [0.1, 0.15) is 0 Å². The summed E-state index contributed by atoms with van der Waals surface area (Å²) in [7, 11) is 0. The fourth-order valence-electron chi connectivity index (χ4n) is 1.72. The number of ether oxygens (including phenoxy) is 1. The minimum atomic E-state index is -0.299. The molecule has 0 aromatic carbocycles. The molecule has 1 aliphatic heterocycles. The largest absolute Gasteiger partial charge is 0.392 e. The summed E-state index contributed by atoms with van der Waals surface area (Å²) >= 11 is 1.76. The first kappa shape index (κ1) is 11.3. The Kier molecular flexibility index (Phi) is 4.52. The Labute approximate surface area is 84.0 Å². The lowest BCUT2D eigenvalue weighted by Gasteiger charge is -2.31. The van der Waals surface area contributed by atoms with Gasteiger partial charge in [-0.1, -0.05) is 0 Å². The Morgan fingerprint density at radius 1 is 1.69 bits per heavy atom. The van der Waals surface area contributed by atoms with Gasteiger partial charge in [-0.2, -0.15) is 11.8 Å². The normalized spacial score (nSPS) is 30.7. The number of thioether (sulfide) groups is 1. The van der Waals surface area contributed by atoms with Crippen molar-refractivity contribution in [3.8, 4) is 0 Å². The van der Waals surface area contributed by atoms with Gasteiger partial charge in [0.2, 0.25) is 0 Å². The number of hydrogen-bond donors (Lipinski definition) is 2. The third-order valence-corrected chi connectivity index (χ3v) is 3.49. The van der Waals surface area contributed by atoms with Crippen LogP contribution in [0.4, 0.5) is 0 Å². The van der Waals surface area contributed by atoms with Crippen LogP contribution in [0.15, 0.2) is 0 Å². The summed E-state index contributed by atoms with van der Waals surface area (Å²) in [6.07, 6.45) is 3.47. The summed E-state index contributed by atoms with van der Waals surface area (Å²) in [6.45, 7) is 1.90. The van der Waals surface area contributed by atoms with E-state index < -0.39 is 0 Å². The molecule has 1 heterocycles. The Morgan fingerprint density at radius 2 is 2.46 bits per heavy atom. The van der Waals surface area contributed by atoms with Crippen molar-refractivity contribution in [1.82, 2.24) is 0 Å². The first-order valence-electron chi connectivity index (χ1n) is 4.70. The molecule has 3 nitrogen and oxygen atoms in total. The van der Waals surface area contributed by atoms with Crippen LogP contribution in [0.5, 0.6) is 0 Å². The van der Waals surface area contributed by atoms with Crippen molar-refractivity contribution in [3.63, 3.8) is 0 Å². The molecule has 1 aliphatic rings. The fraction of sp³-hybridized carbons (Fsp3) is 1.00. The number of hydrogen-bond acceptors (Lipinski definition) is 4. The highest BCUT2D eigenvalue weighted by Gasteiger charge is 2.39. The van der Waals surface area contributed by atoms with Gasteiger partial charge in [0, 0.05) is 18.6 Å². The molecule has 0 saturated carbocycles.